The minimum atomic E-state index is -0.0445. The number of anilines is 1. The lowest BCUT2D eigenvalue weighted by atomic mass is 9.95. The van der Waals surface area contributed by atoms with Crippen molar-refractivity contribution in [3.05, 3.63) is 66.5 Å². The second-order valence-electron chi connectivity index (χ2n) is 9.45. The molecule has 1 saturated heterocycles. The minimum absolute atomic E-state index is 0.0445. The van der Waals surface area contributed by atoms with E-state index in [1.807, 2.05) is 25.2 Å². The topological polar surface area (TPSA) is 59.4 Å². The number of hydrogen-bond donors (Lipinski definition) is 1. The number of aryl methyl sites for hydroxylation is 1. The molecular formula is C28H32N4O2. The molecule has 0 saturated carbocycles. The van der Waals surface area contributed by atoms with Crippen molar-refractivity contribution in [2.75, 3.05) is 25.0 Å². The van der Waals surface area contributed by atoms with E-state index in [0.29, 0.717) is 18.6 Å². The molecule has 1 aliphatic heterocycles. The van der Waals surface area contributed by atoms with Crippen LogP contribution < -0.4 is 10.1 Å². The highest BCUT2D eigenvalue weighted by atomic mass is 16.5. The fraction of sp³-hybridized carbons (Fsp3) is 0.357. The average Bonchev–Trinajstić information content (AvgIpc) is 3.24. The summed E-state index contributed by atoms with van der Waals surface area (Å²) in [5, 5.41) is 6.27. The maximum Gasteiger partial charge on any atom is 0.223 e. The Bertz CT molecular complexity index is 1300. The summed E-state index contributed by atoms with van der Waals surface area (Å²) in [6.07, 6.45) is 6.47. The van der Waals surface area contributed by atoms with Gasteiger partial charge in [0.05, 0.1) is 17.5 Å². The zero-order chi connectivity index (χ0) is 23.7. The van der Waals surface area contributed by atoms with Crippen LogP contribution in [0.3, 0.4) is 0 Å². The van der Waals surface area contributed by atoms with Crippen LogP contribution in [0.4, 0.5) is 5.69 Å². The second kappa shape index (κ2) is 9.47. The van der Waals surface area contributed by atoms with E-state index in [0.717, 1.165) is 53.8 Å². The molecule has 1 atom stereocenters. The highest BCUT2D eigenvalue weighted by Gasteiger charge is 2.24. The van der Waals surface area contributed by atoms with E-state index in [1.54, 1.807) is 0 Å². The number of fused-ring (bicyclic) bond motifs is 3. The van der Waals surface area contributed by atoms with Gasteiger partial charge in [-0.3, -0.25) is 9.69 Å². The molecule has 2 aromatic heterocycles. The number of likely N-dealkylation sites (tertiary alicyclic amines) is 1. The molecule has 4 aromatic rings. The molecule has 1 fully saturated rings. The van der Waals surface area contributed by atoms with Crippen molar-refractivity contribution in [2.45, 2.75) is 32.7 Å². The predicted octanol–water partition coefficient (Wildman–Crippen LogP) is 5.54. The Morgan fingerprint density at radius 2 is 1.76 bits per heavy atom. The molecule has 1 aliphatic rings. The highest BCUT2D eigenvalue weighted by Crippen LogP contribution is 2.33. The van der Waals surface area contributed by atoms with E-state index in [9.17, 15) is 4.79 Å². The molecule has 1 unspecified atom stereocenters. The van der Waals surface area contributed by atoms with Crippen molar-refractivity contribution in [1.29, 1.82) is 0 Å². The van der Waals surface area contributed by atoms with Crippen LogP contribution >= 0.6 is 0 Å². The predicted molar refractivity (Wildman–Crippen MR) is 137 cm³/mol. The molecule has 6 heteroatoms. The van der Waals surface area contributed by atoms with E-state index in [4.69, 9.17) is 9.72 Å². The van der Waals surface area contributed by atoms with Gasteiger partial charge in [-0.05, 0) is 62.5 Å². The lowest BCUT2D eigenvalue weighted by molar-refractivity contribution is -0.114. The molecule has 2 aromatic carbocycles. The van der Waals surface area contributed by atoms with Crippen LogP contribution in [-0.2, 0) is 11.8 Å². The molecule has 1 amide bonds. The van der Waals surface area contributed by atoms with Gasteiger partial charge < -0.3 is 14.6 Å². The number of carbonyl (C=O) groups excluding carboxylic acids is 1. The molecule has 6 nitrogen and oxygen atoms in total. The summed E-state index contributed by atoms with van der Waals surface area (Å²) in [4.78, 5) is 18.6. The normalized spacial score (nSPS) is 16.1. The summed E-state index contributed by atoms with van der Waals surface area (Å²) in [5.41, 5.74) is 3.09. The number of benzene rings is 2. The summed E-state index contributed by atoms with van der Waals surface area (Å²) in [6, 6.07) is 16.8. The van der Waals surface area contributed by atoms with Crippen LogP contribution in [0, 0.1) is 5.92 Å². The number of hydrogen-bond acceptors (Lipinski definition) is 4. The Hall–Kier alpha value is -3.38. The van der Waals surface area contributed by atoms with Crippen molar-refractivity contribution in [3.8, 4) is 5.88 Å². The van der Waals surface area contributed by atoms with Crippen molar-refractivity contribution >= 4 is 33.3 Å². The number of aromatic nitrogens is 2. The Morgan fingerprint density at radius 1 is 1.06 bits per heavy atom. The van der Waals surface area contributed by atoms with Gasteiger partial charge in [0, 0.05) is 48.9 Å². The fourth-order valence-corrected chi connectivity index (χ4v) is 5.01. The molecule has 0 aliphatic carbocycles. The van der Waals surface area contributed by atoms with E-state index in [2.05, 4.69) is 64.4 Å². The van der Waals surface area contributed by atoms with Crippen LogP contribution in [-0.4, -0.2) is 40.1 Å². The first-order chi connectivity index (χ1) is 16.5. The van der Waals surface area contributed by atoms with Gasteiger partial charge in [-0.1, -0.05) is 30.3 Å². The third-order valence-electron chi connectivity index (χ3n) is 6.97. The summed E-state index contributed by atoms with van der Waals surface area (Å²) in [5.74, 6) is 1.22. The number of nitrogens with zero attached hydrogens (tertiary/aromatic N) is 3. The Balaban J connectivity index is 1.21. The maximum atomic E-state index is 11.2. The lowest BCUT2D eigenvalue weighted by Gasteiger charge is -2.36. The number of rotatable bonds is 6. The van der Waals surface area contributed by atoms with Gasteiger partial charge in [0.15, 0.2) is 0 Å². The molecule has 3 heterocycles. The fourth-order valence-electron chi connectivity index (χ4n) is 5.01. The van der Waals surface area contributed by atoms with Crippen LogP contribution in [0.2, 0.25) is 0 Å². The van der Waals surface area contributed by atoms with E-state index < -0.39 is 0 Å². The van der Waals surface area contributed by atoms with Crippen molar-refractivity contribution in [1.82, 2.24) is 14.5 Å². The maximum absolute atomic E-state index is 11.2. The van der Waals surface area contributed by atoms with E-state index >= 15 is 0 Å². The molecule has 176 valence electrons. The van der Waals surface area contributed by atoms with Gasteiger partial charge in [0.1, 0.15) is 0 Å². The zero-order valence-electron chi connectivity index (χ0n) is 20.1. The van der Waals surface area contributed by atoms with Gasteiger partial charge >= 0.3 is 0 Å². The van der Waals surface area contributed by atoms with Gasteiger partial charge in [-0.15, -0.1) is 0 Å². The average molecular weight is 457 g/mol. The Labute approximate surface area is 200 Å². The molecule has 0 radical (unpaired) electrons. The molecule has 1 N–H and O–H groups in total. The number of ether oxygens (including phenoxy) is 1. The first-order valence-corrected chi connectivity index (χ1v) is 12.1. The number of pyridine rings is 1. The number of piperidine rings is 1. The number of nitrogens with one attached hydrogen (secondary N) is 1. The first-order valence-electron chi connectivity index (χ1n) is 12.1. The molecule has 34 heavy (non-hydrogen) atoms. The van der Waals surface area contributed by atoms with Crippen molar-refractivity contribution in [3.63, 3.8) is 0 Å². The molecule has 5 rings (SSSR count). The molecule has 0 bridgehead atoms. The smallest absolute Gasteiger partial charge is 0.223 e. The molecule has 0 spiro atoms. The Morgan fingerprint density at radius 3 is 2.50 bits per heavy atom. The SMILES string of the molecule is CC(=O)Nc1ccc(C(C)N2CCC(COc3nc4ccccc4c4cn(C)cc34)CC2)cc1. The summed E-state index contributed by atoms with van der Waals surface area (Å²) >= 11 is 0. The quantitative estimate of drug-likeness (QED) is 0.414. The van der Waals surface area contributed by atoms with Crippen LogP contribution in [0.25, 0.3) is 21.7 Å². The van der Waals surface area contributed by atoms with E-state index in [-0.39, 0.29) is 5.91 Å². The summed E-state index contributed by atoms with van der Waals surface area (Å²) in [7, 11) is 2.04. The third-order valence-corrected chi connectivity index (χ3v) is 6.97. The summed E-state index contributed by atoms with van der Waals surface area (Å²) in [6.45, 7) is 6.59. The Kier molecular flexibility index (Phi) is 6.24. The monoisotopic (exact) mass is 456 g/mol. The second-order valence-corrected chi connectivity index (χ2v) is 9.45. The summed E-state index contributed by atoms with van der Waals surface area (Å²) < 4.78 is 8.41. The van der Waals surface area contributed by atoms with Gasteiger partial charge in [-0.25, -0.2) is 4.98 Å². The highest BCUT2D eigenvalue weighted by molar-refractivity contribution is 6.07. The third kappa shape index (κ3) is 4.64. The lowest BCUT2D eigenvalue weighted by Crippen LogP contribution is -2.37. The van der Waals surface area contributed by atoms with Crippen molar-refractivity contribution in [2.24, 2.45) is 13.0 Å². The minimum Gasteiger partial charge on any atom is -0.477 e. The number of para-hydroxylation sites is 1. The van der Waals surface area contributed by atoms with Crippen LogP contribution in [0.5, 0.6) is 5.88 Å². The number of amides is 1. The standard InChI is InChI=1S/C28H32N4O2/c1-19(22-8-10-23(11-9-22)29-20(2)33)32-14-12-21(13-15-32)18-34-28-26-17-31(3)16-25(26)24-6-4-5-7-27(24)30-28/h4-11,16-17,19,21H,12-15,18H2,1-3H3,(H,29,33). The molecular weight excluding hydrogens is 424 g/mol. The van der Waals surface area contributed by atoms with Crippen LogP contribution in [0.15, 0.2) is 60.9 Å². The largest absolute Gasteiger partial charge is 0.477 e. The van der Waals surface area contributed by atoms with Gasteiger partial charge in [-0.2, -0.15) is 0 Å². The first kappa shape index (κ1) is 22.4. The number of carbonyl (C=O) groups is 1. The van der Waals surface area contributed by atoms with Crippen molar-refractivity contribution < 1.29 is 9.53 Å². The van der Waals surface area contributed by atoms with Crippen LogP contribution in [0.1, 0.15) is 38.3 Å². The zero-order valence-corrected chi connectivity index (χ0v) is 20.1. The van der Waals surface area contributed by atoms with Gasteiger partial charge in [0.2, 0.25) is 11.8 Å². The van der Waals surface area contributed by atoms with E-state index in [1.165, 1.54) is 17.9 Å². The van der Waals surface area contributed by atoms with Gasteiger partial charge in [0.25, 0.3) is 0 Å².